The fourth-order valence-electron chi connectivity index (χ4n) is 2.03. The van der Waals surface area contributed by atoms with E-state index in [-0.39, 0.29) is 17.0 Å². The Bertz CT molecular complexity index is 167. The normalized spacial score (nSPS) is 11.4. The zero-order chi connectivity index (χ0) is 13.7. The van der Waals surface area contributed by atoms with Crippen LogP contribution in [0.1, 0.15) is 53.4 Å². The van der Waals surface area contributed by atoms with Gasteiger partial charge >= 0.3 is 0 Å². The highest BCUT2D eigenvalue weighted by atomic mass is 79.9. The summed E-state index contributed by atoms with van der Waals surface area (Å²) in [5, 5.41) is 0. The monoisotopic (exact) mass is 339 g/mol. The van der Waals surface area contributed by atoms with Crippen molar-refractivity contribution >= 4 is 0 Å². The Balaban J connectivity index is 0. The molecule has 0 atom stereocenters. The van der Waals surface area contributed by atoms with Crippen LogP contribution in [-0.2, 0) is 9.47 Å². The topological polar surface area (TPSA) is 18.5 Å². The Kier molecular flexibility index (Phi) is 16.8. The molecular weight excluding hydrogens is 306 g/mol. The lowest BCUT2D eigenvalue weighted by molar-refractivity contribution is -0.941. The molecule has 0 aliphatic heterocycles. The Morgan fingerprint density at radius 3 is 1.68 bits per heavy atom. The number of quaternary nitrogens is 1. The first-order valence-corrected chi connectivity index (χ1v) is 7.75. The molecular formula is C15H34BrNO2. The standard InChI is InChI=1S/C15H34NO2.BrH/c1-5-12-17-13-10-9-11-14-18-15-16(6-2,7-3)8-4;/h5-15H2,1-4H3;1H/q+1;/p-1. The van der Waals surface area contributed by atoms with Crippen molar-refractivity contribution in [3.63, 3.8) is 0 Å². The third-order valence-electron chi connectivity index (χ3n) is 3.80. The predicted octanol–water partition coefficient (Wildman–Crippen LogP) is 0.438. The number of hydrogen-bond donors (Lipinski definition) is 0. The van der Waals surface area contributed by atoms with Gasteiger partial charge < -0.3 is 30.9 Å². The number of halogens is 1. The van der Waals surface area contributed by atoms with Crippen molar-refractivity contribution < 1.29 is 30.9 Å². The van der Waals surface area contributed by atoms with Gasteiger partial charge in [0.05, 0.1) is 26.2 Å². The summed E-state index contributed by atoms with van der Waals surface area (Å²) in [6, 6.07) is 0. The van der Waals surface area contributed by atoms with Crippen LogP contribution in [0, 0.1) is 0 Å². The molecule has 0 N–H and O–H groups in total. The van der Waals surface area contributed by atoms with Crippen LogP contribution in [0.3, 0.4) is 0 Å². The van der Waals surface area contributed by atoms with Gasteiger partial charge in [0, 0.05) is 13.2 Å². The van der Waals surface area contributed by atoms with E-state index in [1.165, 1.54) is 12.8 Å². The largest absolute Gasteiger partial charge is 1.00 e. The summed E-state index contributed by atoms with van der Waals surface area (Å²) in [6.07, 6.45) is 4.66. The van der Waals surface area contributed by atoms with Crippen molar-refractivity contribution in [1.29, 1.82) is 0 Å². The quantitative estimate of drug-likeness (QED) is 0.275. The van der Waals surface area contributed by atoms with Gasteiger partial charge in [-0.05, 0) is 46.5 Å². The molecule has 3 nitrogen and oxygen atoms in total. The summed E-state index contributed by atoms with van der Waals surface area (Å²) < 4.78 is 12.4. The van der Waals surface area contributed by atoms with Crippen molar-refractivity contribution in [3.8, 4) is 0 Å². The minimum atomic E-state index is 0. The number of hydrogen-bond acceptors (Lipinski definition) is 2. The number of unbranched alkanes of at least 4 members (excludes halogenated alkanes) is 2. The molecule has 19 heavy (non-hydrogen) atoms. The summed E-state index contributed by atoms with van der Waals surface area (Å²) >= 11 is 0. The highest BCUT2D eigenvalue weighted by Gasteiger charge is 2.20. The number of rotatable bonds is 13. The molecule has 0 fully saturated rings. The van der Waals surface area contributed by atoms with Gasteiger partial charge in [-0.2, -0.15) is 0 Å². The summed E-state index contributed by atoms with van der Waals surface area (Å²) in [5.41, 5.74) is 0. The maximum atomic E-state index is 5.83. The van der Waals surface area contributed by atoms with E-state index < -0.39 is 0 Å². The second-order valence-electron chi connectivity index (χ2n) is 5.00. The Hall–Kier alpha value is 0.360. The van der Waals surface area contributed by atoms with Crippen LogP contribution >= 0.6 is 0 Å². The SMILES string of the molecule is CCCOCCCCCOC[N+](CC)(CC)CC.[Br-]. The second kappa shape index (κ2) is 14.8. The molecule has 0 saturated carbocycles. The summed E-state index contributed by atoms with van der Waals surface area (Å²) in [5.74, 6) is 0. The van der Waals surface area contributed by atoms with Gasteiger partial charge in [0.15, 0.2) is 6.73 Å². The molecule has 0 amide bonds. The third-order valence-corrected chi connectivity index (χ3v) is 3.80. The van der Waals surface area contributed by atoms with Crippen molar-refractivity contribution in [2.24, 2.45) is 0 Å². The van der Waals surface area contributed by atoms with Crippen LogP contribution in [0.2, 0.25) is 0 Å². The molecule has 0 aromatic carbocycles. The molecule has 4 heteroatoms. The van der Waals surface area contributed by atoms with E-state index in [4.69, 9.17) is 9.47 Å². The van der Waals surface area contributed by atoms with Crippen LogP contribution in [0.5, 0.6) is 0 Å². The van der Waals surface area contributed by atoms with E-state index in [1.807, 2.05) is 0 Å². The lowest BCUT2D eigenvalue weighted by atomic mass is 10.2. The minimum Gasteiger partial charge on any atom is -1.00 e. The van der Waals surface area contributed by atoms with Gasteiger partial charge in [-0.15, -0.1) is 0 Å². The van der Waals surface area contributed by atoms with Gasteiger partial charge in [-0.25, -0.2) is 0 Å². The first-order valence-electron chi connectivity index (χ1n) is 7.75. The summed E-state index contributed by atoms with van der Waals surface area (Å²) in [7, 11) is 0. The molecule has 0 heterocycles. The predicted molar refractivity (Wildman–Crippen MR) is 77.7 cm³/mol. The smallest absolute Gasteiger partial charge is 0.183 e. The highest BCUT2D eigenvalue weighted by molar-refractivity contribution is 4.41. The number of nitrogens with zero attached hydrogens (tertiary/aromatic N) is 1. The summed E-state index contributed by atoms with van der Waals surface area (Å²) in [4.78, 5) is 0. The fourth-order valence-corrected chi connectivity index (χ4v) is 2.03. The first kappa shape index (κ1) is 21.7. The van der Waals surface area contributed by atoms with Crippen molar-refractivity contribution in [2.75, 3.05) is 46.2 Å². The maximum Gasteiger partial charge on any atom is 0.183 e. The lowest BCUT2D eigenvalue weighted by Crippen LogP contribution is -3.00. The third kappa shape index (κ3) is 10.8. The van der Waals surface area contributed by atoms with E-state index in [9.17, 15) is 0 Å². The van der Waals surface area contributed by atoms with Gasteiger partial charge in [-0.3, -0.25) is 0 Å². The van der Waals surface area contributed by atoms with Crippen LogP contribution in [0.15, 0.2) is 0 Å². The van der Waals surface area contributed by atoms with E-state index in [0.29, 0.717) is 0 Å². The van der Waals surface area contributed by atoms with Crippen molar-refractivity contribution in [2.45, 2.75) is 53.4 Å². The van der Waals surface area contributed by atoms with Crippen LogP contribution < -0.4 is 17.0 Å². The zero-order valence-corrected chi connectivity index (χ0v) is 15.0. The van der Waals surface area contributed by atoms with Crippen molar-refractivity contribution in [1.82, 2.24) is 0 Å². The van der Waals surface area contributed by atoms with Crippen LogP contribution in [-0.4, -0.2) is 50.7 Å². The lowest BCUT2D eigenvalue weighted by Gasteiger charge is -2.35. The van der Waals surface area contributed by atoms with E-state index >= 15 is 0 Å². The Morgan fingerprint density at radius 2 is 1.21 bits per heavy atom. The van der Waals surface area contributed by atoms with E-state index in [2.05, 4.69) is 27.7 Å². The molecule has 118 valence electrons. The molecule has 0 radical (unpaired) electrons. The molecule has 0 aromatic heterocycles. The second-order valence-corrected chi connectivity index (χ2v) is 5.00. The van der Waals surface area contributed by atoms with Gasteiger partial charge in [-0.1, -0.05) is 6.92 Å². The molecule has 0 spiro atoms. The average Bonchev–Trinajstić information content (AvgIpc) is 2.42. The van der Waals surface area contributed by atoms with Crippen molar-refractivity contribution in [3.05, 3.63) is 0 Å². The fraction of sp³-hybridized carbons (Fsp3) is 1.00. The minimum absolute atomic E-state index is 0. The average molecular weight is 340 g/mol. The number of ether oxygens (including phenoxy) is 2. The molecule has 0 rings (SSSR count). The Labute approximate surface area is 131 Å². The molecule has 0 unspecified atom stereocenters. The van der Waals surface area contributed by atoms with Crippen LogP contribution in [0.4, 0.5) is 0 Å². The molecule has 0 aliphatic carbocycles. The molecule has 0 aliphatic rings. The van der Waals surface area contributed by atoms with Gasteiger partial charge in [0.2, 0.25) is 0 Å². The van der Waals surface area contributed by atoms with Crippen LogP contribution in [0.25, 0.3) is 0 Å². The summed E-state index contributed by atoms with van der Waals surface area (Å²) in [6.45, 7) is 16.0. The van der Waals surface area contributed by atoms with E-state index in [1.54, 1.807) is 0 Å². The molecule has 0 bridgehead atoms. The van der Waals surface area contributed by atoms with Gasteiger partial charge in [0.25, 0.3) is 0 Å². The Morgan fingerprint density at radius 1 is 0.684 bits per heavy atom. The van der Waals surface area contributed by atoms with Gasteiger partial charge in [0.1, 0.15) is 0 Å². The molecule has 0 saturated heterocycles. The van der Waals surface area contributed by atoms with E-state index in [0.717, 1.165) is 63.5 Å². The zero-order valence-electron chi connectivity index (χ0n) is 13.4. The highest BCUT2D eigenvalue weighted by Crippen LogP contribution is 2.06. The first-order chi connectivity index (χ1) is 8.74. The maximum absolute atomic E-state index is 5.83. The molecule has 0 aromatic rings.